The number of pyridine rings is 1. The molecule has 0 radical (unpaired) electrons. The standard InChI is InChI=1S/C13H20N2O2/c1-10(2)17-8-4-7-14-13(16)12-6-5-11(3)15-9-12/h5-6,9-10H,4,7-8H2,1-3H3,(H,14,16). The molecule has 4 heteroatoms. The number of nitrogens with zero attached hydrogens (tertiary/aromatic N) is 1. The van der Waals surface area contributed by atoms with E-state index in [0.717, 1.165) is 12.1 Å². The molecule has 1 aromatic rings. The Hall–Kier alpha value is -1.42. The van der Waals surface area contributed by atoms with E-state index in [4.69, 9.17) is 4.74 Å². The summed E-state index contributed by atoms with van der Waals surface area (Å²) in [6.45, 7) is 7.18. The summed E-state index contributed by atoms with van der Waals surface area (Å²) in [5.74, 6) is -0.0814. The predicted octanol–water partition coefficient (Wildman–Crippen LogP) is 1.93. The molecule has 1 heterocycles. The van der Waals surface area contributed by atoms with Crippen LogP contribution in [0.25, 0.3) is 0 Å². The minimum atomic E-state index is -0.0814. The number of hydrogen-bond acceptors (Lipinski definition) is 3. The minimum Gasteiger partial charge on any atom is -0.379 e. The molecule has 1 rings (SSSR count). The molecule has 0 bridgehead atoms. The van der Waals surface area contributed by atoms with E-state index in [2.05, 4.69) is 10.3 Å². The van der Waals surface area contributed by atoms with Crippen molar-refractivity contribution in [3.05, 3.63) is 29.6 Å². The molecule has 0 atom stereocenters. The van der Waals surface area contributed by atoms with Crippen LogP contribution in [0.2, 0.25) is 0 Å². The van der Waals surface area contributed by atoms with E-state index in [1.165, 1.54) is 0 Å². The van der Waals surface area contributed by atoms with Crippen molar-refractivity contribution < 1.29 is 9.53 Å². The maximum absolute atomic E-state index is 11.7. The van der Waals surface area contributed by atoms with Crippen LogP contribution in [0.1, 0.15) is 36.3 Å². The summed E-state index contributed by atoms with van der Waals surface area (Å²) in [6, 6.07) is 3.61. The number of hydrogen-bond donors (Lipinski definition) is 1. The SMILES string of the molecule is Cc1ccc(C(=O)NCCCOC(C)C)cn1. The topological polar surface area (TPSA) is 51.2 Å². The molecule has 1 aromatic heterocycles. The van der Waals surface area contributed by atoms with Gasteiger partial charge in [0.15, 0.2) is 0 Å². The predicted molar refractivity (Wildman–Crippen MR) is 67.0 cm³/mol. The molecule has 0 unspecified atom stereocenters. The van der Waals surface area contributed by atoms with E-state index >= 15 is 0 Å². The first-order valence-electron chi connectivity index (χ1n) is 5.92. The molecule has 4 nitrogen and oxygen atoms in total. The lowest BCUT2D eigenvalue weighted by Gasteiger charge is -2.08. The monoisotopic (exact) mass is 236 g/mol. The summed E-state index contributed by atoms with van der Waals surface area (Å²) in [7, 11) is 0. The molecular weight excluding hydrogens is 216 g/mol. The highest BCUT2D eigenvalue weighted by Gasteiger charge is 2.04. The second kappa shape index (κ2) is 7.01. The Morgan fingerprint density at radius 1 is 1.47 bits per heavy atom. The van der Waals surface area contributed by atoms with Crippen molar-refractivity contribution in [2.45, 2.75) is 33.3 Å². The van der Waals surface area contributed by atoms with Gasteiger partial charge in [-0.3, -0.25) is 9.78 Å². The number of ether oxygens (including phenoxy) is 1. The van der Waals surface area contributed by atoms with E-state index < -0.39 is 0 Å². The van der Waals surface area contributed by atoms with Gasteiger partial charge in [-0.2, -0.15) is 0 Å². The highest BCUT2D eigenvalue weighted by Crippen LogP contribution is 1.99. The molecule has 0 saturated carbocycles. The average molecular weight is 236 g/mol. The molecule has 0 fully saturated rings. The van der Waals surface area contributed by atoms with Gasteiger partial charge in [0.25, 0.3) is 5.91 Å². The normalized spacial score (nSPS) is 10.6. The van der Waals surface area contributed by atoms with E-state index in [-0.39, 0.29) is 12.0 Å². The fourth-order valence-electron chi connectivity index (χ4n) is 1.30. The Morgan fingerprint density at radius 2 is 2.24 bits per heavy atom. The second-order valence-electron chi connectivity index (χ2n) is 4.22. The second-order valence-corrected chi connectivity index (χ2v) is 4.22. The van der Waals surface area contributed by atoms with Crippen LogP contribution in [0, 0.1) is 6.92 Å². The van der Waals surface area contributed by atoms with Gasteiger partial charge in [-0.25, -0.2) is 0 Å². The zero-order chi connectivity index (χ0) is 12.7. The lowest BCUT2D eigenvalue weighted by atomic mass is 10.2. The molecule has 94 valence electrons. The van der Waals surface area contributed by atoms with Gasteiger partial charge in [0.1, 0.15) is 0 Å². The average Bonchev–Trinajstić information content (AvgIpc) is 2.29. The van der Waals surface area contributed by atoms with Gasteiger partial charge in [-0.1, -0.05) is 0 Å². The first-order chi connectivity index (χ1) is 8.09. The lowest BCUT2D eigenvalue weighted by molar-refractivity contribution is 0.0757. The maximum Gasteiger partial charge on any atom is 0.252 e. The highest BCUT2D eigenvalue weighted by atomic mass is 16.5. The molecule has 0 aromatic carbocycles. The van der Waals surface area contributed by atoms with Crippen molar-refractivity contribution in [2.75, 3.05) is 13.2 Å². The summed E-state index contributed by atoms with van der Waals surface area (Å²) >= 11 is 0. The Labute approximate surface area is 102 Å². The maximum atomic E-state index is 11.7. The third kappa shape index (κ3) is 5.45. The fourth-order valence-corrected chi connectivity index (χ4v) is 1.30. The molecule has 0 saturated heterocycles. The molecule has 0 aliphatic rings. The van der Waals surface area contributed by atoms with Crippen LogP contribution in [0.3, 0.4) is 0 Å². The molecule has 1 amide bonds. The first-order valence-corrected chi connectivity index (χ1v) is 5.92. The Kier molecular flexibility index (Phi) is 5.63. The van der Waals surface area contributed by atoms with E-state index in [1.807, 2.05) is 26.8 Å². The lowest BCUT2D eigenvalue weighted by Crippen LogP contribution is -2.25. The van der Waals surface area contributed by atoms with Crippen molar-refractivity contribution in [1.29, 1.82) is 0 Å². The number of rotatable bonds is 6. The van der Waals surface area contributed by atoms with Crippen molar-refractivity contribution in [3.63, 3.8) is 0 Å². The zero-order valence-electron chi connectivity index (χ0n) is 10.7. The summed E-state index contributed by atoms with van der Waals surface area (Å²) in [5, 5.41) is 2.83. The third-order valence-corrected chi connectivity index (χ3v) is 2.23. The van der Waals surface area contributed by atoms with Crippen LogP contribution in [-0.2, 0) is 4.74 Å². The van der Waals surface area contributed by atoms with Crippen LogP contribution in [0.4, 0.5) is 0 Å². The van der Waals surface area contributed by atoms with Gasteiger partial charge in [-0.15, -0.1) is 0 Å². The summed E-state index contributed by atoms with van der Waals surface area (Å²) < 4.78 is 5.38. The number of amides is 1. The molecule has 0 spiro atoms. The molecule has 0 aliphatic carbocycles. The molecule has 17 heavy (non-hydrogen) atoms. The number of carbonyl (C=O) groups excluding carboxylic acids is 1. The van der Waals surface area contributed by atoms with E-state index in [9.17, 15) is 4.79 Å². The summed E-state index contributed by atoms with van der Waals surface area (Å²) in [5.41, 5.74) is 1.51. The summed E-state index contributed by atoms with van der Waals surface area (Å²) in [6.07, 6.45) is 2.66. The largest absolute Gasteiger partial charge is 0.379 e. The van der Waals surface area contributed by atoms with Crippen LogP contribution < -0.4 is 5.32 Å². The third-order valence-electron chi connectivity index (χ3n) is 2.23. The number of aromatic nitrogens is 1. The van der Waals surface area contributed by atoms with Gasteiger partial charge in [0, 0.05) is 25.0 Å². The fraction of sp³-hybridized carbons (Fsp3) is 0.538. The van der Waals surface area contributed by atoms with Crippen LogP contribution >= 0.6 is 0 Å². The van der Waals surface area contributed by atoms with Crippen molar-refractivity contribution in [3.8, 4) is 0 Å². The van der Waals surface area contributed by atoms with Crippen LogP contribution in [0.15, 0.2) is 18.3 Å². The first kappa shape index (κ1) is 13.6. The quantitative estimate of drug-likeness (QED) is 0.768. The number of aryl methyl sites for hydroxylation is 1. The Balaban J connectivity index is 2.23. The highest BCUT2D eigenvalue weighted by molar-refractivity contribution is 5.93. The van der Waals surface area contributed by atoms with Gasteiger partial charge in [-0.05, 0) is 39.3 Å². The molecular formula is C13H20N2O2. The van der Waals surface area contributed by atoms with Gasteiger partial charge in [0.2, 0.25) is 0 Å². The van der Waals surface area contributed by atoms with Crippen LogP contribution in [0.5, 0.6) is 0 Å². The number of carbonyl (C=O) groups is 1. The number of nitrogens with one attached hydrogen (secondary N) is 1. The van der Waals surface area contributed by atoms with Crippen molar-refractivity contribution in [1.82, 2.24) is 10.3 Å². The Morgan fingerprint density at radius 3 is 2.82 bits per heavy atom. The van der Waals surface area contributed by atoms with Crippen molar-refractivity contribution >= 4 is 5.91 Å². The zero-order valence-corrected chi connectivity index (χ0v) is 10.7. The Bertz CT molecular complexity index is 347. The van der Waals surface area contributed by atoms with E-state index in [1.54, 1.807) is 12.3 Å². The summed E-state index contributed by atoms with van der Waals surface area (Å²) in [4.78, 5) is 15.7. The molecule has 1 N–H and O–H groups in total. The molecule has 0 aliphatic heterocycles. The van der Waals surface area contributed by atoms with E-state index in [0.29, 0.717) is 18.7 Å². The van der Waals surface area contributed by atoms with Gasteiger partial charge >= 0.3 is 0 Å². The smallest absolute Gasteiger partial charge is 0.252 e. The minimum absolute atomic E-state index is 0.0814. The van der Waals surface area contributed by atoms with Crippen LogP contribution in [-0.4, -0.2) is 30.1 Å². The van der Waals surface area contributed by atoms with Gasteiger partial charge < -0.3 is 10.1 Å². The van der Waals surface area contributed by atoms with Crippen molar-refractivity contribution in [2.24, 2.45) is 0 Å². The van der Waals surface area contributed by atoms with Gasteiger partial charge in [0.05, 0.1) is 11.7 Å².